The molecule has 0 aromatic carbocycles. The molecular formula is C16H24N4OS. The summed E-state index contributed by atoms with van der Waals surface area (Å²) in [5, 5.41) is 3.64. The number of hydrogen-bond donors (Lipinski definition) is 1. The van der Waals surface area contributed by atoms with E-state index in [4.69, 9.17) is 0 Å². The Bertz CT molecular complexity index is 474. The Kier molecular flexibility index (Phi) is 6.89. The first-order chi connectivity index (χ1) is 10.7. The van der Waals surface area contributed by atoms with E-state index < -0.39 is 0 Å². The Morgan fingerprint density at radius 2 is 2.23 bits per heavy atom. The topological polar surface area (TPSA) is 48.5 Å². The average molecular weight is 320 g/mol. The van der Waals surface area contributed by atoms with Crippen molar-refractivity contribution in [1.82, 2.24) is 20.1 Å². The number of hydrogen-bond acceptors (Lipinski definition) is 5. The molecule has 1 aromatic heterocycles. The highest BCUT2D eigenvalue weighted by molar-refractivity contribution is 8.00. The predicted molar refractivity (Wildman–Crippen MR) is 91.0 cm³/mol. The standard InChI is InChI=1S/C16H24N4OS/c1-3-7-18-16(21)14(22-15-6-4-5-8-17-15)13-20-11-9-19(2)10-12-20/h3-6,8,14H,1,7,9-13H2,2H3,(H,18,21). The highest BCUT2D eigenvalue weighted by Gasteiger charge is 2.24. The van der Waals surface area contributed by atoms with Crippen LogP contribution >= 0.6 is 11.8 Å². The van der Waals surface area contributed by atoms with Gasteiger partial charge >= 0.3 is 0 Å². The molecule has 0 radical (unpaired) electrons. The van der Waals surface area contributed by atoms with Crippen LogP contribution < -0.4 is 5.32 Å². The van der Waals surface area contributed by atoms with Crippen LogP contribution in [-0.2, 0) is 4.79 Å². The molecule has 1 fully saturated rings. The van der Waals surface area contributed by atoms with Crippen molar-refractivity contribution in [2.75, 3.05) is 46.3 Å². The van der Waals surface area contributed by atoms with Gasteiger partial charge in [-0.2, -0.15) is 0 Å². The first-order valence-corrected chi connectivity index (χ1v) is 8.44. The maximum absolute atomic E-state index is 12.4. The van der Waals surface area contributed by atoms with Gasteiger partial charge < -0.3 is 10.2 Å². The van der Waals surface area contributed by atoms with Gasteiger partial charge in [-0.15, -0.1) is 6.58 Å². The van der Waals surface area contributed by atoms with Crippen LogP contribution in [0.3, 0.4) is 0 Å². The molecule has 0 bridgehead atoms. The summed E-state index contributed by atoms with van der Waals surface area (Å²) < 4.78 is 0. The van der Waals surface area contributed by atoms with E-state index >= 15 is 0 Å². The lowest BCUT2D eigenvalue weighted by atomic mass is 10.3. The minimum absolute atomic E-state index is 0.0504. The van der Waals surface area contributed by atoms with Crippen LogP contribution in [0.4, 0.5) is 0 Å². The van der Waals surface area contributed by atoms with Crippen molar-refractivity contribution in [3.63, 3.8) is 0 Å². The zero-order valence-corrected chi connectivity index (χ0v) is 13.9. The number of nitrogens with one attached hydrogen (secondary N) is 1. The lowest BCUT2D eigenvalue weighted by Gasteiger charge is -2.34. The van der Waals surface area contributed by atoms with E-state index in [0.717, 1.165) is 37.7 Å². The molecule has 1 saturated heterocycles. The Morgan fingerprint density at radius 1 is 1.45 bits per heavy atom. The highest BCUT2D eigenvalue weighted by Crippen LogP contribution is 2.22. The molecule has 1 aliphatic heterocycles. The second-order valence-electron chi connectivity index (χ2n) is 5.41. The summed E-state index contributed by atoms with van der Waals surface area (Å²) in [6.07, 6.45) is 3.47. The third-order valence-corrected chi connectivity index (χ3v) is 4.76. The van der Waals surface area contributed by atoms with Crippen LogP contribution in [0.2, 0.25) is 0 Å². The second kappa shape index (κ2) is 8.92. The van der Waals surface area contributed by atoms with Crippen molar-refractivity contribution in [2.24, 2.45) is 0 Å². The molecule has 0 aliphatic carbocycles. The quantitative estimate of drug-likeness (QED) is 0.602. The zero-order valence-electron chi connectivity index (χ0n) is 13.1. The van der Waals surface area contributed by atoms with E-state index in [9.17, 15) is 4.79 Å². The number of carbonyl (C=O) groups excluding carboxylic acids is 1. The number of amides is 1. The maximum atomic E-state index is 12.4. The smallest absolute Gasteiger partial charge is 0.235 e. The van der Waals surface area contributed by atoms with E-state index in [2.05, 4.69) is 33.7 Å². The van der Waals surface area contributed by atoms with Gasteiger partial charge in [-0.3, -0.25) is 9.69 Å². The number of pyridine rings is 1. The summed E-state index contributed by atoms with van der Waals surface area (Å²) in [6.45, 7) is 9.01. The van der Waals surface area contributed by atoms with Crippen molar-refractivity contribution in [3.05, 3.63) is 37.1 Å². The third-order valence-electron chi connectivity index (χ3n) is 3.63. The summed E-state index contributed by atoms with van der Waals surface area (Å²) in [7, 11) is 2.13. The number of nitrogens with zero attached hydrogens (tertiary/aromatic N) is 3. The van der Waals surface area contributed by atoms with Crippen LogP contribution in [-0.4, -0.2) is 72.3 Å². The Morgan fingerprint density at radius 3 is 2.86 bits per heavy atom. The molecule has 6 heteroatoms. The fourth-order valence-corrected chi connectivity index (χ4v) is 3.33. The number of rotatable bonds is 7. The maximum Gasteiger partial charge on any atom is 0.235 e. The summed E-state index contributed by atoms with van der Waals surface area (Å²) in [5.74, 6) is 0.0504. The third kappa shape index (κ3) is 5.44. The van der Waals surface area contributed by atoms with Crippen LogP contribution in [0.15, 0.2) is 42.1 Å². The van der Waals surface area contributed by atoms with Gasteiger partial charge in [-0.25, -0.2) is 4.98 Å². The van der Waals surface area contributed by atoms with E-state index in [1.807, 2.05) is 18.2 Å². The average Bonchev–Trinajstić information content (AvgIpc) is 2.55. The van der Waals surface area contributed by atoms with Gasteiger partial charge in [-0.05, 0) is 19.2 Å². The summed E-state index contributed by atoms with van der Waals surface area (Å²) in [5.41, 5.74) is 0. The van der Waals surface area contributed by atoms with E-state index in [1.165, 1.54) is 11.8 Å². The molecule has 1 N–H and O–H groups in total. The van der Waals surface area contributed by atoms with E-state index in [0.29, 0.717) is 6.54 Å². The predicted octanol–water partition coefficient (Wildman–Crippen LogP) is 1.09. The van der Waals surface area contributed by atoms with E-state index in [-0.39, 0.29) is 11.2 Å². The minimum atomic E-state index is -0.154. The van der Waals surface area contributed by atoms with Crippen LogP contribution in [0.5, 0.6) is 0 Å². The van der Waals surface area contributed by atoms with Crippen molar-refractivity contribution >= 4 is 17.7 Å². The molecule has 5 nitrogen and oxygen atoms in total. The van der Waals surface area contributed by atoms with Gasteiger partial charge in [0, 0.05) is 45.5 Å². The fourth-order valence-electron chi connectivity index (χ4n) is 2.29. The Balaban J connectivity index is 1.97. The number of piperazine rings is 1. The van der Waals surface area contributed by atoms with Crippen molar-refractivity contribution in [2.45, 2.75) is 10.3 Å². The Labute approximate surface area is 136 Å². The van der Waals surface area contributed by atoms with Crippen LogP contribution in [0.25, 0.3) is 0 Å². The molecule has 22 heavy (non-hydrogen) atoms. The second-order valence-corrected chi connectivity index (χ2v) is 6.64. The van der Waals surface area contributed by atoms with Gasteiger partial charge in [0.05, 0.1) is 5.03 Å². The molecule has 2 rings (SSSR count). The van der Waals surface area contributed by atoms with Gasteiger partial charge in [0.2, 0.25) is 5.91 Å². The molecule has 1 amide bonds. The summed E-state index contributed by atoms with van der Waals surface area (Å²) in [4.78, 5) is 21.4. The number of likely N-dealkylation sites (N-methyl/N-ethyl adjacent to an activating group) is 1. The molecule has 2 heterocycles. The number of aromatic nitrogens is 1. The van der Waals surface area contributed by atoms with Crippen molar-refractivity contribution in [1.29, 1.82) is 0 Å². The van der Waals surface area contributed by atoms with Gasteiger partial charge in [0.15, 0.2) is 0 Å². The fraction of sp³-hybridized carbons (Fsp3) is 0.500. The highest BCUT2D eigenvalue weighted by atomic mass is 32.2. The minimum Gasteiger partial charge on any atom is -0.352 e. The molecule has 1 unspecified atom stereocenters. The Hall–Kier alpha value is -1.37. The van der Waals surface area contributed by atoms with Gasteiger partial charge in [-0.1, -0.05) is 23.9 Å². The van der Waals surface area contributed by atoms with E-state index in [1.54, 1.807) is 12.3 Å². The van der Waals surface area contributed by atoms with Crippen molar-refractivity contribution in [3.8, 4) is 0 Å². The molecule has 0 spiro atoms. The molecule has 1 aliphatic rings. The normalized spacial score (nSPS) is 17.9. The lowest BCUT2D eigenvalue weighted by Crippen LogP contribution is -2.49. The van der Waals surface area contributed by atoms with Gasteiger partial charge in [0.25, 0.3) is 0 Å². The first-order valence-electron chi connectivity index (χ1n) is 7.56. The molecule has 1 aromatic rings. The largest absolute Gasteiger partial charge is 0.352 e. The summed E-state index contributed by atoms with van der Waals surface area (Å²) >= 11 is 1.53. The van der Waals surface area contributed by atoms with Gasteiger partial charge in [0.1, 0.15) is 5.25 Å². The molecular weight excluding hydrogens is 296 g/mol. The van der Waals surface area contributed by atoms with Crippen molar-refractivity contribution < 1.29 is 4.79 Å². The van der Waals surface area contributed by atoms with Crippen LogP contribution in [0.1, 0.15) is 0 Å². The monoisotopic (exact) mass is 320 g/mol. The number of thioether (sulfide) groups is 1. The molecule has 1 atom stereocenters. The first kappa shape index (κ1) is 17.0. The SMILES string of the molecule is C=CCNC(=O)C(CN1CCN(C)CC1)Sc1ccccn1. The summed E-state index contributed by atoms with van der Waals surface area (Å²) in [6, 6.07) is 5.78. The lowest BCUT2D eigenvalue weighted by molar-refractivity contribution is -0.120. The zero-order chi connectivity index (χ0) is 15.8. The molecule has 0 saturated carbocycles. The van der Waals surface area contributed by atoms with Crippen LogP contribution in [0, 0.1) is 0 Å². The number of carbonyl (C=O) groups is 1. The molecule has 120 valence electrons.